The molecule has 0 fully saturated rings. The Labute approximate surface area is 484 Å². The fourth-order valence-corrected chi connectivity index (χ4v) is 9.62. The summed E-state index contributed by atoms with van der Waals surface area (Å²) in [4.78, 5) is 38.4. The van der Waals surface area contributed by atoms with E-state index in [0.29, 0.717) is 19.3 Å². The molecule has 0 radical (unpaired) electrons. The number of carbonyl (C=O) groups is 3. The highest BCUT2D eigenvalue weighted by Gasteiger charge is 2.19. The molecule has 6 nitrogen and oxygen atoms in total. The van der Waals surface area contributed by atoms with Gasteiger partial charge in [0.15, 0.2) is 6.10 Å². The molecule has 0 bridgehead atoms. The summed E-state index contributed by atoms with van der Waals surface area (Å²) in [5.41, 5.74) is 0. The normalized spacial score (nSPS) is 12.6. The first-order chi connectivity index (χ1) is 38.5. The zero-order chi connectivity index (χ0) is 56.4. The van der Waals surface area contributed by atoms with Gasteiger partial charge < -0.3 is 14.2 Å². The Morgan fingerprint density at radius 3 is 0.782 bits per heavy atom. The van der Waals surface area contributed by atoms with E-state index in [1.807, 2.05) is 0 Å². The molecule has 0 aromatic carbocycles. The molecule has 78 heavy (non-hydrogen) atoms. The fourth-order valence-electron chi connectivity index (χ4n) is 9.62. The summed E-state index contributed by atoms with van der Waals surface area (Å²) in [5.74, 6) is -0.900. The maximum atomic E-state index is 12.9. The van der Waals surface area contributed by atoms with Crippen molar-refractivity contribution < 1.29 is 28.6 Å². The molecule has 0 saturated carbocycles. The highest BCUT2D eigenvalue weighted by molar-refractivity contribution is 5.71. The van der Waals surface area contributed by atoms with E-state index in [-0.39, 0.29) is 31.1 Å². The molecule has 0 N–H and O–H groups in total. The van der Waals surface area contributed by atoms with Gasteiger partial charge in [0.1, 0.15) is 13.2 Å². The lowest BCUT2D eigenvalue weighted by Crippen LogP contribution is -2.30. The molecular weight excluding hydrogens is 961 g/mol. The second kappa shape index (κ2) is 66.1. The topological polar surface area (TPSA) is 78.9 Å². The number of rotatable bonds is 61. The molecule has 0 rings (SSSR count). The molecule has 0 aliphatic carbocycles. The van der Waals surface area contributed by atoms with Crippen LogP contribution in [-0.4, -0.2) is 37.2 Å². The van der Waals surface area contributed by atoms with Crippen molar-refractivity contribution in [3.8, 4) is 0 Å². The monoisotopic (exact) mass is 1090 g/mol. The predicted molar refractivity (Wildman–Crippen MR) is 339 cm³/mol. The third-order valence-electron chi connectivity index (χ3n) is 14.6. The quantitative estimate of drug-likeness (QED) is 0.0261. The third kappa shape index (κ3) is 63.4. The van der Waals surface area contributed by atoms with Crippen LogP contribution in [0.4, 0.5) is 0 Å². The van der Waals surface area contributed by atoms with Crippen LogP contribution in [0.15, 0.2) is 85.1 Å². The molecule has 0 aliphatic rings. The zero-order valence-electron chi connectivity index (χ0n) is 51.7. The molecule has 0 heterocycles. The van der Waals surface area contributed by atoms with Crippen LogP contribution in [0.25, 0.3) is 0 Å². The van der Waals surface area contributed by atoms with Crippen molar-refractivity contribution in [2.45, 2.75) is 341 Å². The van der Waals surface area contributed by atoms with Crippen molar-refractivity contribution in [3.05, 3.63) is 85.1 Å². The summed E-state index contributed by atoms with van der Waals surface area (Å²) in [6.07, 6.45) is 87.3. The predicted octanol–water partition coefficient (Wildman–Crippen LogP) is 23.1. The van der Waals surface area contributed by atoms with Crippen molar-refractivity contribution in [2.24, 2.45) is 0 Å². The fraction of sp³-hybridized carbons (Fsp3) is 0.764. The number of ether oxygens (including phenoxy) is 3. The third-order valence-corrected chi connectivity index (χ3v) is 14.6. The SMILES string of the molecule is CC/C=C\C/C=C\C/C=C\C/C=C\CCCCCCC(=O)OCC(COC(=O)CCCCCCCCCC/C=C\C/C=C\C/C=C\CCCCCCC)OC(=O)CCCCCCCCCCCCCCCCCCCCCC. The van der Waals surface area contributed by atoms with E-state index >= 15 is 0 Å². The lowest BCUT2D eigenvalue weighted by molar-refractivity contribution is -0.167. The van der Waals surface area contributed by atoms with E-state index < -0.39 is 6.10 Å². The number of esters is 3. The summed E-state index contributed by atoms with van der Waals surface area (Å²) in [6, 6.07) is 0. The van der Waals surface area contributed by atoms with Gasteiger partial charge in [0, 0.05) is 19.3 Å². The van der Waals surface area contributed by atoms with Crippen molar-refractivity contribution in [1.82, 2.24) is 0 Å². The number of hydrogen-bond acceptors (Lipinski definition) is 6. The molecule has 0 saturated heterocycles. The summed E-state index contributed by atoms with van der Waals surface area (Å²) in [7, 11) is 0. The second-order valence-electron chi connectivity index (χ2n) is 22.4. The molecule has 0 aromatic rings. The van der Waals surface area contributed by atoms with Gasteiger partial charge >= 0.3 is 17.9 Å². The summed E-state index contributed by atoms with van der Waals surface area (Å²) in [5, 5.41) is 0. The first-order valence-corrected chi connectivity index (χ1v) is 33.6. The number of carbonyl (C=O) groups excluding carboxylic acids is 3. The number of unbranched alkanes of at least 4 members (excludes halogenated alkanes) is 36. The Morgan fingerprint density at radius 1 is 0.269 bits per heavy atom. The van der Waals surface area contributed by atoms with Gasteiger partial charge in [-0.3, -0.25) is 14.4 Å². The van der Waals surface area contributed by atoms with Crippen LogP contribution in [0.1, 0.15) is 335 Å². The Morgan fingerprint density at radius 2 is 0.500 bits per heavy atom. The van der Waals surface area contributed by atoms with Gasteiger partial charge in [0.2, 0.25) is 0 Å². The average molecular weight is 1090 g/mol. The van der Waals surface area contributed by atoms with Gasteiger partial charge in [-0.05, 0) is 96.3 Å². The first-order valence-electron chi connectivity index (χ1n) is 33.6. The summed E-state index contributed by atoms with van der Waals surface area (Å²) >= 11 is 0. The van der Waals surface area contributed by atoms with Gasteiger partial charge in [-0.15, -0.1) is 0 Å². The summed E-state index contributed by atoms with van der Waals surface area (Å²) < 4.78 is 17.0. The van der Waals surface area contributed by atoms with Gasteiger partial charge in [0.05, 0.1) is 0 Å². The van der Waals surface area contributed by atoms with Crippen LogP contribution in [0, 0.1) is 0 Å². The lowest BCUT2D eigenvalue weighted by Gasteiger charge is -2.18. The second-order valence-corrected chi connectivity index (χ2v) is 22.4. The minimum absolute atomic E-state index is 0.0861. The molecule has 0 spiro atoms. The van der Waals surface area contributed by atoms with E-state index in [0.717, 1.165) is 116 Å². The van der Waals surface area contributed by atoms with E-state index in [2.05, 4.69) is 106 Å². The van der Waals surface area contributed by atoms with Crippen molar-refractivity contribution in [1.29, 1.82) is 0 Å². The van der Waals surface area contributed by atoms with E-state index in [1.54, 1.807) is 0 Å². The minimum atomic E-state index is -0.791. The highest BCUT2D eigenvalue weighted by atomic mass is 16.6. The molecule has 1 atom stereocenters. The molecule has 0 aliphatic heterocycles. The maximum absolute atomic E-state index is 12.9. The molecular formula is C72H126O6. The average Bonchev–Trinajstić information content (AvgIpc) is 3.44. The maximum Gasteiger partial charge on any atom is 0.306 e. The Bertz CT molecular complexity index is 1480. The Kier molecular flexibility index (Phi) is 63.2. The minimum Gasteiger partial charge on any atom is -0.462 e. The largest absolute Gasteiger partial charge is 0.462 e. The zero-order valence-corrected chi connectivity index (χ0v) is 51.7. The van der Waals surface area contributed by atoms with Gasteiger partial charge in [-0.2, -0.15) is 0 Å². The Hall–Kier alpha value is -3.41. The van der Waals surface area contributed by atoms with E-state index in [9.17, 15) is 14.4 Å². The Balaban J connectivity index is 4.39. The van der Waals surface area contributed by atoms with Crippen LogP contribution in [0.5, 0.6) is 0 Å². The van der Waals surface area contributed by atoms with Crippen LogP contribution < -0.4 is 0 Å². The van der Waals surface area contributed by atoms with Crippen LogP contribution in [0.3, 0.4) is 0 Å². The number of allylic oxidation sites excluding steroid dienone is 14. The van der Waals surface area contributed by atoms with Gasteiger partial charge in [-0.1, -0.05) is 305 Å². The summed E-state index contributed by atoms with van der Waals surface area (Å²) in [6.45, 7) is 6.54. The first kappa shape index (κ1) is 74.6. The smallest absolute Gasteiger partial charge is 0.306 e. The molecule has 1 unspecified atom stereocenters. The van der Waals surface area contributed by atoms with Crippen molar-refractivity contribution in [3.63, 3.8) is 0 Å². The molecule has 450 valence electrons. The molecule has 6 heteroatoms. The van der Waals surface area contributed by atoms with E-state index in [4.69, 9.17) is 14.2 Å². The standard InChI is InChI=1S/C72H126O6/c1-4-7-10-13-16-19-22-25-28-31-33-35-36-37-39-41-44-47-50-53-56-59-62-65-71(74)77-68-69(67-76-70(73)64-61-58-55-52-49-46-43-40-30-27-24-21-18-15-12-9-6-3)78-72(75)66-63-60-57-54-51-48-45-42-38-34-32-29-26-23-20-17-14-11-8-5-2/h9,12,18,21-22,25,27,30-31,33,36-37,43,46,69H,4-8,10-11,13-17,19-20,23-24,26,28-29,32,34-35,38-42,44-45,47-68H2,1-3H3/b12-9-,21-18-,25-22-,30-27-,33-31-,37-36-,46-43-. The van der Waals surface area contributed by atoms with Crippen LogP contribution in [-0.2, 0) is 28.6 Å². The van der Waals surface area contributed by atoms with E-state index in [1.165, 1.54) is 180 Å². The molecule has 0 aromatic heterocycles. The lowest BCUT2D eigenvalue weighted by atomic mass is 10.0. The van der Waals surface area contributed by atoms with Crippen LogP contribution >= 0.6 is 0 Å². The number of hydrogen-bond donors (Lipinski definition) is 0. The van der Waals surface area contributed by atoms with Gasteiger partial charge in [-0.25, -0.2) is 0 Å². The van der Waals surface area contributed by atoms with Crippen molar-refractivity contribution >= 4 is 17.9 Å². The molecule has 0 amide bonds. The highest BCUT2D eigenvalue weighted by Crippen LogP contribution is 2.17. The van der Waals surface area contributed by atoms with Crippen LogP contribution in [0.2, 0.25) is 0 Å². The van der Waals surface area contributed by atoms with Gasteiger partial charge in [0.25, 0.3) is 0 Å². The van der Waals surface area contributed by atoms with Crippen molar-refractivity contribution in [2.75, 3.05) is 13.2 Å².